The minimum Gasteiger partial charge on any atom is -0.497 e. The van der Waals surface area contributed by atoms with Gasteiger partial charge >= 0.3 is 5.97 Å². The molecule has 0 bridgehead atoms. The Morgan fingerprint density at radius 1 is 0.912 bits per heavy atom. The van der Waals surface area contributed by atoms with Gasteiger partial charge in [0.15, 0.2) is 5.78 Å². The first-order valence-electron chi connectivity index (χ1n) is 11.2. The molecule has 0 saturated heterocycles. The number of aliphatic imine (C=N–C) groups is 1. The molecule has 4 rings (SSSR count). The number of methoxy groups -OCH3 is 4. The summed E-state index contributed by atoms with van der Waals surface area (Å²) in [6, 6.07) is 13.2. The number of ketones is 1. The summed E-state index contributed by atoms with van der Waals surface area (Å²) in [5.74, 6) is 0.183. The van der Waals surface area contributed by atoms with Crippen molar-refractivity contribution in [2.24, 2.45) is 10.9 Å². The highest BCUT2D eigenvalue weighted by Gasteiger charge is 2.45. The summed E-state index contributed by atoms with van der Waals surface area (Å²) in [5, 5.41) is 0. The number of benzene rings is 2. The average Bonchev–Trinajstić information content (AvgIpc) is 2.86. The molecule has 1 aliphatic heterocycles. The number of ether oxygens (including phenoxy) is 4. The van der Waals surface area contributed by atoms with Gasteiger partial charge in [-0.05, 0) is 55.2 Å². The summed E-state index contributed by atoms with van der Waals surface area (Å²) in [6.45, 7) is 1.81. The Morgan fingerprint density at radius 2 is 1.59 bits per heavy atom. The zero-order valence-corrected chi connectivity index (χ0v) is 20.1. The quantitative estimate of drug-likeness (QED) is 0.588. The summed E-state index contributed by atoms with van der Waals surface area (Å²) in [7, 11) is 6.12. The van der Waals surface area contributed by atoms with Crippen LogP contribution in [0.5, 0.6) is 17.2 Å². The summed E-state index contributed by atoms with van der Waals surface area (Å²) >= 11 is 0. The smallest absolute Gasteiger partial charge is 0.315 e. The molecule has 1 heterocycles. The molecule has 2 aromatic carbocycles. The molecule has 178 valence electrons. The second-order valence-corrected chi connectivity index (χ2v) is 8.50. The van der Waals surface area contributed by atoms with Gasteiger partial charge < -0.3 is 18.9 Å². The van der Waals surface area contributed by atoms with Crippen LogP contribution in [0.25, 0.3) is 0 Å². The van der Waals surface area contributed by atoms with Crippen molar-refractivity contribution >= 4 is 17.5 Å². The van der Waals surface area contributed by atoms with Crippen LogP contribution in [0.3, 0.4) is 0 Å². The maximum atomic E-state index is 13.7. The number of hydrogen-bond acceptors (Lipinski definition) is 7. The Morgan fingerprint density at radius 3 is 2.21 bits per heavy atom. The van der Waals surface area contributed by atoms with E-state index in [0.29, 0.717) is 46.9 Å². The number of carbonyl (C=O) groups is 2. The average molecular weight is 464 g/mol. The third-order valence-electron chi connectivity index (χ3n) is 6.70. The van der Waals surface area contributed by atoms with Crippen LogP contribution in [-0.2, 0) is 14.3 Å². The highest BCUT2D eigenvalue weighted by Crippen LogP contribution is 2.49. The molecule has 0 amide bonds. The molecule has 1 unspecified atom stereocenters. The third-order valence-corrected chi connectivity index (χ3v) is 6.70. The molecule has 0 spiro atoms. The Kier molecular flexibility index (Phi) is 6.72. The Balaban J connectivity index is 1.84. The number of carbonyl (C=O) groups excluding carboxylic acids is 2. The van der Waals surface area contributed by atoms with Gasteiger partial charge in [-0.2, -0.15) is 0 Å². The van der Waals surface area contributed by atoms with E-state index in [-0.39, 0.29) is 11.7 Å². The largest absolute Gasteiger partial charge is 0.497 e. The number of allylic oxidation sites excluding steroid dienone is 2. The fourth-order valence-corrected chi connectivity index (χ4v) is 5.02. The molecule has 3 atom stereocenters. The zero-order chi connectivity index (χ0) is 24.4. The number of rotatable bonds is 6. The molecule has 0 saturated carbocycles. The predicted molar refractivity (Wildman–Crippen MR) is 128 cm³/mol. The summed E-state index contributed by atoms with van der Waals surface area (Å²) < 4.78 is 21.5. The van der Waals surface area contributed by atoms with E-state index in [1.54, 1.807) is 33.5 Å². The minimum atomic E-state index is -0.730. The predicted octanol–water partition coefficient (Wildman–Crippen LogP) is 4.46. The van der Waals surface area contributed by atoms with Crippen molar-refractivity contribution in [1.29, 1.82) is 0 Å². The van der Waals surface area contributed by atoms with E-state index in [4.69, 9.17) is 23.9 Å². The Labute approximate surface area is 199 Å². The van der Waals surface area contributed by atoms with Crippen molar-refractivity contribution in [3.8, 4) is 17.2 Å². The Bertz CT molecular complexity index is 1160. The molecular weight excluding hydrogens is 434 g/mol. The fraction of sp³-hybridized carbons (Fsp3) is 0.370. The lowest BCUT2D eigenvalue weighted by Crippen LogP contribution is -2.38. The van der Waals surface area contributed by atoms with Crippen LogP contribution in [0.4, 0.5) is 0 Å². The van der Waals surface area contributed by atoms with E-state index in [1.165, 1.54) is 7.11 Å². The topological polar surface area (TPSA) is 83.4 Å². The van der Waals surface area contributed by atoms with Crippen molar-refractivity contribution in [3.63, 3.8) is 0 Å². The highest BCUT2D eigenvalue weighted by atomic mass is 16.5. The number of hydrogen-bond donors (Lipinski definition) is 0. The maximum absolute atomic E-state index is 13.7. The number of esters is 1. The van der Waals surface area contributed by atoms with Crippen molar-refractivity contribution in [2.75, 3.05) is 28.4 Å². The molecule has 34 heavy (non-hydrogen) atoms. The lowest BCUT2D eigenvalue weighted by atomic mass is 9.69. The molecule has 0 radical (unpaired) electrons. The van der Waals surface area contributed by atoms with E-state index in [0.717, 1.165) is 11.3 Å². The SMILES string of the molecule is COC(=O)C1C(C)=NC2=C(C(=O)C[C@H](c3ccc(OC)cc3)C2)[C@@H]1c1cc(OC)ccc1OC. The monoisotopic (exact) mass is 463 g/mol. The molecule has 2 aliphatic rings. The maximum Gasteiger partial charge on any atom is 0.315 e. The van der Waals surface area contributed by atoms with Crippen molar-refractivity contribution < 1.29 is 28.5 Å². The number of nitrogens with zero attached hydrogens (tertiary/aromatic N) is 1. The first-order chi connectivity index (χ1) is 16.4. The van der Waals surface area contributed by atoms with E-state index in [9.17, 15) is 9.59 Å². The molecule has 0 fully saturated rings. The van der Waals surface area contributed by atoms with E-state index in [1.807, 2.05) is 37.3 Å². The highest BCUT2D eigenvalue weighted by molar-refractivity contribution is 6.09. The molecular formula is C27H29NO6. The zero-order valence-electron chi connectivity index (χ0n) is 20.1. The standard InChI is InChI=1S/C27H29NO6/c1-15-24(27(30)34-5)25(20-14-19(32-3)10-11-23(20)33-4)26-21(28-15)12-17(13-22(26)29)16-6-8-18(31-2)9-7-16/h6-11,14,17,24-25H,12-13H2,1-5H3/t17-,24?,25-/m1/s1. The van der Waals surface area contributed by atoms with Crippen LogP contribution in [0.1, 0.15) is 42.7 Å². The second kappa shape index (κ2) is 9.71. The van der Waals surface area contributed by atoms with Crippen LogP contribution in [0, 0.1) is 5.92 Å². The van der Waals surface area contributed by atoms with Crippen molar-refractivity contribution in [1.82, 2.24) is 0 Å². The molecule has 0 N–H and O–H groups in total. The van der Waals surface area contributed by atoms with Gasteiger partial charge in [-0.3, -0.25) is 14.6 Å². The van der Waals surface area contributed by atoms with Gasteiger partial charge in [-0.1, -0.05) is 12.1 Å². The van der Waals surface area contributed by atoms with Gasteiger partial charge in [0.2, 0.25) is 0 Å². The second-order valence-electron chi connectivity index (χ2n) is 8.50. The van der Waals surface area contributed by atoms with Crippen LogP contribution < -0.4 is 14.2 Å². The van der Waals surface area contributed by atoms with Gasteiger partial charge in [0.1, 0.15) is 23.2 Å². The van der Waals surface area contributed by atoms with Crippen LogP contribution >= 0.6 is 0 Å². The van der Waals surface area contributed by atoms with Gasteiger partial charge in [0.25, 0.3) is 0 Å². The third kappa shape index (κ3) is 4.18. The summed E-state index contributed by atoms with van der Waals surface area (Å²) in [4.78, 5) is 31.3. The van der Waals surface area contributed by atoms with Crippen LogP contribution in [-0.4, -0.2) is 45.9 Å². The molecule has 7 nitrogen and oxygen atoms in total. The van der Waals surface area contributed by atoms with E-state index in [2.05, 4.69) is 0 Å². The van der Waals surface area contributed by atoms with Gasteiger partial charge in [0.05, 0.1) is 28.4 Å². The summed E-state index contributed by atoms with van der Waals surface area (Å²) in [5.41, 5.74) is 3.64. The molecule has 1 aliphatic carbocycles. The normalized spacial score (nSPS) is 22.0. The van der Waals surface area contributed by atoms with E-state index < -0.39 is 17.8 Å². The molecule has 7 heteroatoms. The fourth-order valence-electron chi connectivity index (χ4n) is 5.02. The van der Waals surface area contributed by atoms with Crippen molar-refractivity contribution in [3.05, 3.63) is 64.9 Å². The first-order valence-corrected chi connectivity index (χ1v) is 11.2. The lowest BCUT2D eigenvalue weighted by molar-refractivity contribution is -0.143. The minimum absolute atomic E-state index is 0.00348. The van der Waals surface area contributed by atoms with Crippen molar-refractivity contribution in [2.45, 2.75) is 31.6 Å². The number of Topliss-reactive ketones (excluding diaryl/α,β-unsaturated/α-hetero) is 1. The van der Waals surface area contributed by atoms with Gasteiger partial charge in [-0.25, -0.2) is 0 Å². The van der Waals surface area contributed by atoms with Crippen LogP contribution in [0.2, 0.25) is 0 Å². The lowest BCUT2D eigenvalue weighted by Gasteiger charge is -2.36. The first kappa shape index (κ1) is 23.5. The van der Waals surface area contributed by atoms with Gasteiger partial charge in [0, 0.05) is 34.9 Å². The Hall–Kier alpha value is -3.61. The van der Waals surface area contributed by atoms with E-state index >= 15 is 0 Å². The van der Waals surface area contributed by atoms with Gasteiger partial charge in [-0.15, -0.1) is 0 Å². The molecule has 0 aromatic heterocycles. The van der Waals surface area contributed by atoms with Crippen LogP contribution in [0.15, 0.2) is 58.7 Å². The molecule has 2 aromatic rings. The summed E-state index contributed by atoms with van der Waals surface area (Å²) in [6.07, 6.45) is 0.928.